The number of tetrazole rings is 1. The molecule has 1 amide bonds. The van der Waals surface area contributed by atoms with Crippen LogP contribution >= 0.6 is 23.4 Å². The van der Waals surface area contributed by atoms with E-state index in [0.29, 0.717) is 15.9 Å². The number of hydrogen-bond acceptors (Lipinski definition) is 7. The van der Waals surface area contributed by atoms with Crippen LogP contribution < -0.4 is 10.4 Å². The molecule has 0 unspecified atom stereocenters. The minimum atomic E-state index is -1.27. The molecule has 0 saturated carbocycles. The topological polar surface area (TPSA) is 113 Å². The summed E-state index contributed by atoms with van der Waals surface area (Å²) in [5, 5.41) is 25.9. The third-order valence-corrected chi connectivity index (χ3v) is 4.42. The number of aromatic carboxylic acids is 1. The van der Waals surface area contributed by atoms with E-state index in [0.717, 1.165) is 5.69 Å². The van der Waals surface area contributed by atoms with Gasteiger partial charge in [0.15, 0.2) is 0 Å². The molecular weight excluding hydrogens is 378 g/mol. The highest BCUT2D eigenvalue weighted by Gasteiger charge is 2.12. The molecule has 0 atom stereocenters. The second-order valence-corrected chi connectivity index (χ2v) is 6.43. The van der Waals surface area contributed by atoms with Crippen molar-refractivity contribution < 1.29 is 14.7 Å². The van der Waals surface area contributed by atoms with Crippen LogP contribution in [0, 0.1) is 0 Å². The zero-order chi connectivity index (χ0) is 18.5. The molecule has 1 heterocycles. The van der Waals surface area contributed by atoms with E-state index in [1.807, 2.05) is 0 Å². The smallest absolute Gasteiger partial charge is 0.234 e. The number of amides is 1. The van der Waals surface area contributed by atoms with Crippen LogP contribution in [-0.2, 0) is 4.79 Å². The molecule has 8 nitrogen and oxygen atoms in total. The lowest BCUT2D eigenvalue weighted by molar-refractivity contribution is -0.255. The number of nitrogens with zero attached hydrogens (tertiary/aromatic N) is 4. The van der Waals surface area contributed by atoms with Crippen molar-refractivity contribution >= 4 is 40.9 Å². The number of anilines is 1. The average Bonchev–Trinajstić information content (AvgIpc) is 3.09. The molecular formula is C16H11ClN5O3S-. The zero-order valence-electron chi connectivity index (χ0n) is 13.1. The Balaban J connectivity index is 1.61. The van der Waals surface area contributed by atoms with E-state index in [2.05, 4.69) is 20.8 Å². The molecule has 132 valence electrons. The summed E-state index contributed by atoms with van der Waals surface area (Å²) >= 11 is 7.03. The molecule has 1 N–H and O–H groups in total. The first-order valence-corrected chi connectivity index (χ1v) is 8.67. The molecule has 1 aromatic heterocycles. The first-order chi connectivity index (χ1) is 12.5. The summed E-state index contributed by atoms with van der Waals surface area (Å²) < 4.78 is 1.50. The number of aromatic nitrogens is 4. The van der Waals surface area contributed by atoms with Crippen molar-refractivity contribution in [2.75, 3.05) is 11.1 Å². The number of carboxylic acids is 1. The molecule has 0 aliphatic carbocycles. The lowest BCUT2D eigenvalue weighted by Crippen LogP contribution is -2.22. The van der Waals surface area contributed by atoms with Gasteiger partial charge in [0.2, 0.25) is 11.1 Å². The molecule has 26 heavy (non-hydrogen) atoms. The fourth-order valence-electron chi connectivity index (χ4n) is 2.03. The summed E-state index contributed by atoms with van der Waals surface area (Å²) in [6.07, 6.45) is 0. The molecule has 0 aliphatic rings. The van der Waals surface area contributed by atoms with Gasteiger partial charge in [-0.25, -0.2) is 0 Å². The van der Waals surface area contributed by atoms with E-state index in [1.54, 1.807) is 24.3 Å². The van der Waals surface area contributed by atoms with Crippen LogP contribution in [-0.4, -0.2) is 37.8 Å². The van der Waals surface area contributed by atoms with E-state index in [9.17, 15) is 14.7 Å². The number of halogens is 1. The SMILES string of the molecule is O=C(CSc1nnnn1-c1ccc(Cl)cc1)Nc1ccc(C(=O)[O-])cc1. The fraction of sp³-hybridized carbons (Fsp3) is 0.0625. The maximum absolute atomic E-state index is 12.1. The predicted octanol–water partition coefficient (Wildman–Crippen LogP) is 1.41. The first kappa shape index (κ1) is 17.9. The molecule has 0 fully saturated rings. The van der Waals surface area contributed by atoms with Gasteiger partial charge in [0, 0.05) is 10.7 Å². The maximum Gasteiger partial charge on any atom is 0.234 e. The van der Waals surface area contributed by atoms with Crippen molar-refractivity contribution in [2.45, 2.75) is 5.16 Å². The monoisotopic (exact) mass is 388 g/mol. The van der Waals surface area contributed by atoms with Crippen LogP contribution in [0.5, 0.6) is 0 Å². The van der Waals surface area contributed by atoms with E-state index >= 15 is 0 Å². The standard InChI is InChI=1S/C16H12ClN5O3S/c17-11-3-7-13(8-4-11)22-16(19-20-21-22)26-9-14(23)18-12-5-1-10(2-6-12)15(24)25/h1-8H,9H2,(H,18,23)(H,24,25)/p-1. The lowest BCUT2D eigenvalue weighted by atomic mass is 10.2. The number of hydrogen-bond donors (Lipinski definition) is 1. The molecule has 0 saturated heterocycles. The minimum Gasteiger partial charge on any atom is -0.545 e. The van der Waals surface area contributed by atoms with Crippen molar-refractivity contribution in [2.24, 2.45) is 0 Å². The number of carboxylic acid groups (broad SMARTS) is 1. The summed E-state index contributed by atoms with van der Waals surface area (Å²) in [7, 11) is 0. The Morgan fingerprint density at radius 2 is 1.81 bits per heavy atom. The van der Waals surface area contributed by atoms with Crippen LogP contribution in [0.2, 0.25) is 5.02 Å². The Morgan fingerprint density at radius 3 is 2.46 bits per heavy atom. The van der Waals surface area contributed by atoms with Gasteiger partial charge >= 0.3 is 0 Å². The minimum absolute atomic E-state index is 0.0412. The van der Waals surface area contributed by atoms with Crippen molar-refractivity contribution in [1.82, 2.24) is 20.2 Å². The Bertz CT molecular complexity index is 928. The van der Waals surface area contributed by atoms with Crippen LogP contribution in [0.15, 0.2) is 53.7 Å². The van der Waals surface area contributed by atoms with Crippen molar-refractivity contribution in [3.05, 3.63) is 59.1 Å². The first-order valence-electron chi connectivity index (χ1n) is 7.31. The van der Waals surface area contributed by atoms with Gasteiger partial charge < -0.3 is 15.2 Å². The summed E-state index contributed by atoms with van der Waals surface area (Å²) in [6.45, 7) is 0. The summed E-state index contributed by atoms with van der Waals surface area (Å²) in [5.74, 6) is -1.47. The van der Waals surface area contributed by atoms with Gasteiger partial charge in [0.05, 0.1) is 17.4 Å². The van der Waals surface area contributed by atoms with Crippen molar-refractivity contribution in [3.63, 3.8) is 0 Å². The lowest BCUT2D eigenvalue weighted by Gasteiger charge is -2.07. The highest BCUT2D eigenvalue weighted by molar-refractivity contribution is 7.99. The Labute approximate surface area is 157 Å². The highest BCUT2D eigenvalue weighted by Crippen LogP contribution is 2.20. The summed E-state index contributed by atoms with van der Waals surface area (Å²) in [4.78, 5) is 22.8. The van der Waals surface area contributed by atoms with Gasteiger partial charge in [-0.1, -0.05) is 35.5 Å². The van der Waals surface area contributed by atoms with Gasteiger partial charge in [-0.2, -0.15) is 4.68 Å². The van der Waals surface area contributed by atoms with Gasteiger partial charge in [-0.15, -0.1) is 5.10 Å². The molecule has 0 radical (unpaired) electrons. The number of benzene rings is 2. The second kappa shape index (κ2) is 7.98. The number of carbonyl (C=O) groups is 2. The normalized spacial score (nSPS) is 10.5. The fourth-order valence-corrected chi connectivity index (χ4v) is 2.85. The molecule has 10 heteroatoms. The zero-order valence-corrected chi connectivity index (χ0v) is 14.7. The van der Waals surface area contributed by atoms with Crippen LogP contribution in [0.25, 0.3) is 5.69 Å². The van der Waals surface area contributed by atoms with Gasteiger partial charge in [0.25, 0.3) is 0 Å². The summed E-state index contributed by atoms with van der Waals surface area (Å²) in [6, 6.07) is 12.7. The van der Waals surface area contributed by atoms with E-state index in [1.165, 1.54) is 40.7 Å². The number of carbonyl (C=O) groups excluding carboxylic acids is 2. The molecule has 0 spiro atoms. The quantitative estimate of drug-likeness (QED) is 0.635. The summed E-state index contributed by atoms with van der Waals surface area (Å²) in [5.41, 5.74) is 1.25. The molecule has 0 bridgehead atoms. The molecule has 3 rings (SSSR count). The predicted molar refractivity (Wildman–Crippen MR) is 94.3 cm³/mol. The van der Waals surface area contributed by atoms with Crippen molar-refractivity contribution in [3.8, 4) is 5.69 Å². The van der Waals surface area contributed by atoms with Gasteiger partial charge in [-0.3, -0.25) is 4.79 Å². The van der Waals surface area contributed by atoms with Crippen LogP contribution in [0.3, 0.4) is 0 Å². The molecule has 2 aromatic carbocycles. The third kappa shape index (κ3) is 4.38. The largest absolute Gasteiger partial charge is 0.545 e. The van der Waals surface area contributed by atoms with E-state index in [4.69, 9.17) is 11.6 Å². The van der Waals surface area contributed by atoms with E-state index < -0.39 is 5.97 Å². The van der Waals surface area contributed by atoms with Crippen molar-refractivity contribution in [1.29, 1.82) is 0 Å². The molecule has 0 aliphatic heterocycles. The highest BCUT2D eigenvalue weighted by atomic mass is 35.5. The third-order valence-electron chi connectivity index (χ3n) is 3.25. The van der Waals surface area contributed by atoms with Crippen LogP contribution in [0.1, 0.15) is 10.4 Å². The Morgan fingerprint density at radius 1 is 1.12 bits per heavy atom. The Hall–Kier alpha value is -2.91. The maximum atomic E-state index is 12.1. The van der Waals surface area contributed by atoms with Gasteiger partial charge in [0.1, 0.15) is 0 Å². The Kier molecular flexibility index (Phi) is 5.49. The van der Waals surface area contributed by atoms with E-state index in [-0.39, 0.29) is 17.2 Å². The van der Waals surface area contributed by atoms with Crippen LogP contribution in [0.4, 0.5) is 5.69 Å². The number of thioether (sulfide) groups is 1. The van der Waals surface area contributed by atoms with Gasteiger partial charge in [-0.05, 0) is 52.4 Å². The average molecular weight is 389 g/mol. The number of nitrogens with one attached hydrogen (secondary N) is 1. The number of rotatable bonds is 6. The molecule has 3 aromatic rings. The second-order valence-electron chi connectivity index (χ2n) is 5.05.